The molecule has 0 spiro atoms. The van der Waals surface area contributed by atoms with Crippen LogP contribution in [0.3, 0.4) is 0 Å². The lowest BCUT2D eigenvalue weighted by Crippen LogP contribution is -2.52. The number of urea groups is 1. The number of anilines is 2. The fourth-order valence-corrected chi connectivity index (χ4v) is 6.74. The van der Waals surface area contributed by atoms with Crippen LogP contribution in [0.25, 0.3) is 0 Å². The van der Waals surface area contributed by atoms with Crippen molar-refractivity contribution in [3.8, 4) is 0 Å². The Balaban J connectivity index is 1.31. The molecule has 2 heterocycles. The molecule has 0 aromatic heterocycles. The second kappa shape index (κ2) is 11.3. The minimum Gasteiger partial charge on any atom is -0.348 e. The summed E-state index contributed by atoms with van der Waals surface area (Å²) >= 11 is 3.28. The zero-order valence-corrected chi connectivity index (χ0v) is 22.0. The molecule has 2 atom stereocenters. The number of hydrogen-bond acceptors (Lipinski definition) is 5. The molecule has 1 unspecified atom stereocenters. The van der Waals surface area contributed by atoms with Crippen LogP contribution in [0.5, 0.6) is 0 Å². The third kappa shape index (κ3) is 5.94. The first-order chi connectivity index (χ1) is 18.0. The summed E-state index contributed by atoms with van der Waals surface area (Å²) in [5.74, 6) is 0.741. The summed E-state index contributed by atoms with van der Waals surface area (Å²) in [5.41, 5.74) is 3.45. The maximum absolute atomic E-state index is 13.7. The largest absolute Gasteiger partial charge is 0.348 e. The minimum atomic E-state index is -0.790. The van der Waals surface area contributed by atoms with E-state index in [1.54, 1.807) is 17.8 Å². The summed E-state index contributed by atoms with van der Waals surface area (Å²) in [6, 6.07) is 21.7. The van der Waals surface area contributed by atoms with Crippen molar-refractivity contribution in [1.29, 1.82) is 0 Å². The van der Waals surface area contributed by atoms with Crippen molar-refractivity contribution in [2.24, 2.45) is 0 Å². The van der Waals surface area contributed by atoms with Crippen LogP contribution in [0.1, 0.15) is 23.6 Å². The van der Waals surface area contributed by atoms with Crippen LogP contribution in [0.2, 0.25) is 0 Å². The van der Waals surface area contributed by atoms with Crippen molar-refractivity contribution < 1.29 is 14.4 Å². The lowest BCUT2D eigenvalue weighted by Gasteiger charge is -2.29. The molecule has 0 bridgehead atoms. The molecule has 3 N–H and O–H groups in total. The summed E-state index contributed by atoms with van der Waals surface area (Å²) in [7, 11) is 0. The van der Waals surface area contributed by atoms with Crippen molar-refractivity contribution in [1.82, 2.24) is 10.6 Å². The second-order valence-corrected chi connectivity index (χ2v) is 11.2. The van der Waals surface area contributed by atoms with Gasteiger partial charge in [0, 0.05) is 27.0 Å². The molecule has 4 amide bonds. The van der Waals surface area contributed by atoms with Gasteiger partial charge in [-0.15, -0.1) is 23.5 Å². The van der Waals surface area contributed by atoms with Crippen molar-refractivity contribution in [2.45, 2.75) is 35.2 Å². The van der Waals surface area contributed by atoms with E-state index in [1.165, 1.54) is 21.6 Å². The Bertz CT molecular complexity index is 1330. The van der Waals surface area contributed by atoms with Crippen LogP contribution < -0.4 is 20.9 Å². The molecule has 0 aliphatic carbocycles. The number of rotatable bonds is 5. The molecule has 190 valence electrons. The van der Waals surface area contributed by atoms with E-state index < -0.39 is 12.1 Å². The van der Waals surface area contributed by atoms with Gasteiger partial charge in [-0.2, -0.15) is 0 Å². The van der Waals surface area contributed by atoms with E-state index in [2.05, 4.69) is 22.0 Å². The van der Waals surface area contributed by atoms with Crippen LogP contribution in [-0.4, -0.2) is 41.9 Å². The number of fused-ring (bicyclic) bond motifs is 2. The number of para-hydroxylation sites is 1. The molecular formula is C28H28N4O3S2. The zero-order chi connectivity index (χ0) is 25.8. The number of nitrogens with zero attached hydrogens (tertiary/aromatic N) is 1. The van der Waals surface area contributed by atoms with Crippen molar-refractivity contribution in [3.63, 3.8) is 0 Å². The van der Waals surface area contributed by atoms with Gasteiger partial charge in [-0.3, -0.25) is 9.59 Å². The Hall–Kier alpha value is -3.43. The van der Waals surface area contributed by atoms with Gasteiger partial charge in [0.1, 0.15) is 12.6 Å². The Kier molecular flexibility index (Phi) is 7.71. The van der Waals surface area contributed by atoms with Crippen molar-refractivity contribution in [2.75, 3.05) is 28.3 Å². The van der Waals surface area contributed by atoms with Gasteiger partial charge >= 0.3 is 6.03 Å². The van der Waals surface area contributed by atoms with Gasteiger partial charge in [0.25, 0.3) is 5.91 Å². The normalized spacial score (nSPS) is 18.7. The molecule has 3 aromatic carbocycles. The molecule has 3 aromatic rings. The molecule has 37 heavy (non-hydrogen) atoms. The van der Waals surface area contributed by atoms with Gasteiger partial charge in [-0.1, -0.05) is 42.5 Å². The highest BCUT2D eigenvalue weighted by Gasteiger charge is 2.33. The predicted octanol–water partition coefficient (Wildman–Crippen LogP) is 4.98. The number of aryl methyl sites for hydroxylation is 1. The molecule has 9 heteroatoms. The average Bonchev–Trinajstić information content (AvgIpc) is 3.01. The van der Waals surface area contributed by atoms with E-state index in [-0.39, 0.29) is 24.4 Å². The van der Waals surface area contributed by atoms with E-state index in [0.29, 0.717) is 17.1 Å². The van der Waals surface area contributed by atoms with Crippen LogP contribution in [-0.2, 0) is 9.59 Å². The molecule has 0 radical (unpaired) electrons. The topological polar surface area (TPSA) is 90.5 Å². The number of nitrogens with one attached hydrogen (secondary N) is 3. The van der Waals surface area contributed by atoms with Gasteiger partial charge in [0.2, 0.25) is 5.91 Å². The molecule has 5 rings (SSSR count). The number of benzene rings is 3. The van der Waals surface area contributed by atoms with Gasteiger partial charge in [0.05, 0.1) is 11.7 Å². The first-order valence-electron chi connectivity index (χ1n) is 12.2. The summed E-state index contributed by atoms with van der Waals surface area (Å²) in [5, 5.41) is 8.75. The maximum atomic E-state index is 13.7. The van der Waals surface area contributed by atoms with Gasteiger partial charge < -0.3 is 20.9 Å². The molecule has 2 aliphatic heterocycles. The molecule has 0 saturated heterocycles. The van der Waals surface area contributed by atoms with E-state index in [9.17, 15) is 14.4 Å². The van der Waals surface area contributed by atoms with E-state index in [1.807, 2.05) is 67.6 Å². The standard InChI is InChI=1S/C28H28N4O3S2/c1-18-7-6-8-19(15-18)29-28(35)31-22-17-37-25-12-5-3-10-23(25)32(27(22)34)16-26(33)30-21-13-14-36-24-11-4-2-9-20(21)24/h2-12,15,21-22H,13-14,16-17H2,1H3,(H,30,33)(H2,29,31,35)/t21?,22-/m1/s1. The van der Waals surface area contributed by atoms with Gasteiger partial charge in [-0.05, 0) is 54.8 Å². The van der Waals surface area contributed by atoms with E-state index >= 15 is 0 Å². The first kappa shape index (κ1) is 25.2. The van der Waals surface area contributed by atoms with Crippen LogP contribution in [0, 0.1) is 6.92 Å². The van der Waals surface area contributed by atoms with Crippen molar-refractivity contribution in [3.05, 3.63) is 83.9 Å². The number of amides is 4. The van der Waals surface area contributed by atoms with Gasteiger partial charge in [-0.25, -0.2) is 4.79 Å². The highest BCUT2D eigenvalue weighted by molar-refractivity contribution is 7.99. The lowest BCUT2D eigenvalue weighted by atomic mass is 10.0. The summed E-state index contributed by atoms with van der Waals surface area (Å²) in [4.78, 5) is 43.2. The molecule has 7 nitrogen and oxygen atoms in total. The SMILES string of the molecule is Cc1cccc(NC(=O)N[C@@H]2CSc3ccccc3N(CC(=O)NC3CCSc4ccccc43)C2=O)c1. The fraction of sp³-hybridized carbons (Fsp3) is 0.250. The monoisotopic (exact) mass is 532 g/mol. The van der Waals surface area contributed by atoms with E-state index in [4.69, 9.17) is 0 Å². The van der Waals surface area contributed by atoms with E-state index in [0.717, 1.165) is 28.2 Å². The Labute approximate surface area is 224 Å². The van der Waals surface area contributed by atoms with Crippen LogP contribution in [0.4, 0.5) is 16.2 Å². The number of hydrogen-bond donors (Lipinski definition) is 3. The third-order valence-corrected chi connectivity index (χ3v) is 8.58. The maximum Gasteiger partial charge on any atom is 0.319 e. The average molecular weight is 533 g/mol. The summed E-state index contributed by atoms with van der Waals surface area (Å²) in [6.45, 7) is 1.82. The molecular weight excluding hydrogens is 504 g/mol. The molecule has 0 saturated carbocycles. The Morgan fingerprint density at radius 1 is 0.919 bits per heavy atom. The summed E-state index contributed by atoms with van der Waals surface area (Å²) in [6.07, 6.45) is 0.830. The summed E-state index contributed by atoms with van der Waals surface area (Å²) < 4.78 is 0. The zero-order valence-electron chi connectivity index (χ0n) is 20.4. The van der Waals surface area contributed by atoms with Crippen molar-refractivity contribution >= 4 is 52.7 Å². The molecule has 2 aliphatic rings. The fourth-order valence-electron chi connectivity index (χ4n) is 4.54. The molecule has 0 fully saturated rings. The smallest absolute Gasteiger partial charge is 0.319 e. The highest BCUT2D eigenvalue weighted by Crippen LogP contribution is 2.36. The second-order valence-electron chi connectivity index (χ2n) is 9.02. The number of thioether (sulfide) groups is 2. The highest BCUT2D eigenvalue weighted by atomic mass is 32.2. The lowest BCUT2D eigenvalue weighted by molar-refractivity contribution is -0.124. The Morgan fingerprint density at radius 3 is 2.54 bits per heavy atom. The van der Waals surface area contributed by atoms with Gasteiger partial charge in [0.15, 0.2) is 0 Å². The number of carbonyl (C=O) groups excluding carboxylic acids is 3. The van der Waals surface area contributed by atoms with Crippen LogP contribution >= 0.6 is 23.5 Å². The number of carbonyl (C=O) groups is 3. The third-order valence-electron chi connectivity index (χ3n) is 6.30. The quantitative estimate of drug-likeness (QED) is 0.431. The minimum absolute atomic E-state index is 0.0920. The first-order valence-corrected chi connectivity index (χ1v) is 14.1. The predicted molar refractivity (Wildman–Crippen MR) is 149 cm³/mol. The van der Waals surface area contributed by atoms with Crippen LogP contribution in [0.15, 0.2) is 82.6 Å². The Morgan fingerprint density at radius 2 is 1.70 bits per heavy atom.